The maximum atomic E-state index is 13.5. The zero-order valence-corrected chi connectivity index (χ0v) is 20.5. The third kappa shape index (κ3) is 6.47. The van der Waals surface area contributed by atoms with Gasteiger partial charge >= 0.3 is 0 Å². The molecule has 0 N–H and O–H groups in total. The normalized spacial score (nSPS) is 13.6. The zero-order valence-electron chi connectivity index (χ0n) is 17.4. The Balaban J connectivity index is 1.76. The molecule has 1 aliphatic rings. The molecule has 0 aromatic heterocycles. The van der Waals surface area contributed by atoms with Crippen molar-refractivity contribution in [3.8, 4) is 11.8 Å². The van der Waals surface area contributed by atoms with E-state index in [0.717, 1.165) is 20.9 Å². The number of halogens is 2. The molecule has 1 nitrogen and oxygen atoms in total. The molecule has 33 heavy (non-hydrogen) atoms. The lowest BCUT2D eigenvalue weighted by Crippen LogP contribution is -2.10. The van der Waals surface area contributed by atoms with Gasteiger partial charge in [0.2, 0.25) is 0 Å². The first-order valence-corrected chi connectivity index (χ1v) is 12.6. The molecule has 0 saturated carbocycles. The lowest BCUT2D eigenvalue weighted by molar-refractivity contribution is -0.111. The molecule has 1 heterocycles. The molecule has 1 atom stereocenters. The molecule has 162 valence electrons. The predicted molar refractivity (Wildman–Crippen MR) is 144 cm³/mol. The Hall–Kier alpha value is -2.61. The van der Waals surface area contributed by atoms with Crippen LogP contribution in [0.5, 0.6) is 0 Å². The van der Waals surface area contributed by atoms with Gasteiger partial charge < -0.3 is 0 Å². The summed E-state index contributed by atoms with van der Waals surface area (Å²) < 4.78 is 0.933. The topological polar surface area (TPSA) is 17.1 Å². The van der Waals surface area contributed by atoms with Crippen LogP contribution in [0.15, 0.2) is 106 Å². The molecule has 0 saturated heterocycles. The monoisotopic (exact) mass is 504 g/mol. The molecular weight excluding hydrogens is 487 g/mol. The third-order valence-corrected chi connectivity index (χ3v) is 7.48. The molecule has 1 unspecified atom stereocenters. The predicted octanol–water partition coefficient (Wildman–Crippen LogP) is 8.57. The van der Waals surface area contributed by atoms with E-state index in [9.17, 15) is 4.79 Å². The van der Waals surface area contributed by atoms with E-state index in [-0.39, 0.29) is 5.78 Å². The van der Waals surface area contributed by atoms with E-state index in [2.05, 4.69) is 11.8 Å². The second-order valence-corrected chi connectivity index (χ2v) is 10.0. The molecule has 3 aromatic rings. The molecule has 5 heteroatoms. The first-order chi connectivity index (χ1) is 16.1. The smallest absolute Gasteiger partial charge is 0.185 e. The van der Waals surface area contributed by atoms with Crippen LogP contribution in [0.25, 0.3) is 6.08 Å². The number of carbonyl (C=O) groups is 1. The molecule has 0 aliphatic carbocycles. The van der Waals surface area contributed by atoms with Gasteiger partial charge in [0.05, 0.1) is 10.2 Å². The highest BCUT2D eigenvalue weighted by atomic mass is 35.5. The molecule has 4 rings (SSSR count). The molecule has 0 bridgehead atoms. The van der Waals surface area contributed by atoms with Crippen molar-refractivity contribution < 1.29 is 4.79 Å². The van der Waals surface area contributed by atoms with Gasteiger partial charge in [0.15, 0.2) is 5.78 Å². The van der Waals surface area contributed by atoms with Crippen LogP contribution in [0.3, 0.4) is 0 Å². The van der Waals surface area contributed by atoms with Gasteiger partial charge in [-0.25, -0.2) is 0 Å². The molecule has 0 amide bonds. The minimum absolute atomic E-state index is 0.0778. The number of allylic oxidation sites excluding steroid dienone is 2. The Morgan fingerprint density at radius 2 is 1.42 bits per heavy atom. The second-order valence-electron chi connectivity index (χ2n) is 7.08. The maximum Gasteiger partial charge on any atom is 0.185 e. The Morgan fingerprint density at radius 3 is 2.06 bits per heavy atom. The van der Waals surface area contributed by atoms with E-state index in [1.807, 2.05) is 77.5 Å². The van der Waals surface area contributed by atoms with Gasteiger partial charge in [-0.05, 0) is 64.4 Å². The zero-order chi connectivity index (χ0) is 23.0. The van der Waals surface area contributed by atoms with Crippen molar-refractivity contribution in [3.63, 3.8) is 0 Å². The molecule has 0 radical (unpaired) electrons. The number of hydrogen-bond donors (Lipinski definition) is 0. The highest BCUT2D eigenvalue weighted by Crippen LogP contribution is 2.44. The van der Waals surface area contributed by atoms with E-state index >= 15 is 0 Å². The van der Waals surface area contributed by atoms with Gasteiger partial charge in [0, 0.05) is 21.2 Å². The van der Waals surface area contributed by atoms with Crippen LogP contribution in [0.2, 0.25) is 10.0 Å². The Morgan fingerprint density at radius 1 is 0.818 bits per heavy atom. The highest BCUT2D eigenvalue weighted by molar-refractivity contribution is 8.27. The SMILES string of the molecule is O=C(/C=C/c1ccc(Cl)cc1)C(=C1SC=CS1)C(C#Cc1ccccc1)c1ccc(Cl)cc1. The fourth-order valence-electron chi connectivity index (χ4n) is 3.18. The van der Waals surface area contributed by atoms with Gasteiger partial charge in [0.1, 0.15) is 0 Å². The van der Waals surface area contributed by atoms with E-state index in [1.54, 1.807) is 47.8 Å². The minimum atomic E-state index is -0.403. The number of ketones is 1. The van der Waals surface area contributed by atoms with E-state index in [0.29, 0.717) is 15.6 Å². The number of thioether (sulfide) groups is 2. The van der Waals surface area contributed by atoms with Crippen LogP contribution in [0, 0.1) is 11.8 Å². The summed E-state index contributed by atoms with van der Waals surface area (Å²) in [5, 5.41) is 5.27. The standard InChI is InChI=1S/C28H18Cl2OS2/c29-23-12-6-21(7-13-23)9-17-26(31)27(28-32-18-19-33-28)25(22-10-14-24(30)15-11-22)16-8-20-4-2-1-3-5-20/h1-7,9-15,17-19,25H/b17-9+. The van der Waals surface area contributed by atoms with Crippen LogP contribution in [-0.2, 0) is 4.79 Å². The van der Waals surface area contributed by atoms with Crippen molar-refractivity contribution in [2.45, 2.75) is 5.92 Å². The van der Waals surface area contributed by atoms with Crippen LogP contribution >= 0.6 is 46.7 Å². The summed E-state index contributed by atoms with van der Waals surface area (Å²) in [4.78, 5) is 13.5. The van der Waals surface area contributed by atoms with Gasteiger partial charge in [0.25, 0.3) is 0 Å². The summed E-state index contributed by atoms with van der Waals surface area (Å²) in [6, 6.07) is 24.7. The average Bonchev–Trinajstić information content (AvgIpc) is 3.37. The van der Waals surface area contributed by atoms with Gasteiger partial charge in [-0.15, -0.1) is 0 Å². The Labute approximate surface area is 212 Å². The number of carbonyl (C=O) groups excluding carboxylic acids is 1. The van der Waals surface area contributed by atoms with Crippen molar-refractivity contribution in [2.24, 2.45) is 0 Å². The summed E-state index contributed by atoms with van der Waals surface area (Å²) in [6.07, 6.45) is 3.42. The van der Waals surface area contributed by atoms with Crippen molar-refractivity contribution in [1.29, 1.82) is 0 Å². The Kier molecular flexibility index (Phi) is 8.20. The molecule has 0 spiro atoms. The second kappa shape index (κ2) is 11.5. The summed E-state index contributed by atoms with van der Waals surface area (Å²) in [7, 11) is 0. The van der Waals surface area contributed by atoms with Crippen molar-refractivity contribution in [3.05, 3.63) is 132 Å². The summed E-state index contributed by atoms with van der Waals surface area (Å²) >= 11 is 15.2. The van der Waals surface area contributed by atoms with Gasteiger partial charge in [-0.3, -0.25) is 4.79 Å². The van der Waals surface area contributed by atoms with Crippen molar-refractivity contribution in [1.82, 2.24) is 0 Å². The maximum absolute atomic E-state index is 13.5. The molecule has 1 aliphatic heterocycles. The molecule has 0 fully saturated rings. The fraction of sp³-hybridized carbons (Fsp3) is 0.0357. The largest absolute Gasteiger partial charge is 0.290 e. The minimum Gasteiger partial charge on any atom is -0.290 e. The van der Waals surface area contributed by atoms with Crippen LogP contribution in [-0.4, -0.2) is 5.78 Å². The Bertz CT molecular complexity index is 1270. The summed E-state index contributed by atoms with van der Waals surface area (Å²) in [5.41, 5.74) is 3.38. The molecular formula is C28H18Cl2OS2. The lowest BCUT2D eigenvalue weighted by Gasteiger charge is -2.16. The average molecular weight is 505 g/mol. The lowest BCUT2D eigenvalue weighted by atomic mass is 9.89. The fourth-order valence-corrected chi connectivity index (χ4v) is 5.37. The van der Waals surface area contributed by atoms with Gasteiger partial charge in [-0.1, -0.05) is 107 Å². The quantitative estimate of drug-likeness (QED) is 0.255. The van der Waals surface area contributed by atoms with Crippen molar-refractivity contribution >= 4 is 58.6 Å². The number of benzene rings is 3. The third-order valence-electron chi connectivity index (χ3n) is 4.81. The van der Waals surface area contributed by atoms with E-state index < -0.39 is 5.92 Å². The van der Waals surface area contributed by atoms with Crippen molar-refractivity contribution in [2.75, 3.05) is 0 Å². The van der Waals surface area contributed by atoms with E-state index in [4.69, 9.17) is 23.2 Å². The van der Waals surface area contributed by atoms with Crippen LogP contribution < -0.4 is 0 Å². The summed E-state index contributed by atoms with van der Waals surface area (Å²) in [6.45, 7) is 0. The van der Waals surface area contributed by atoms with Crippen LogP contribution in [0.4, 0.5) is 0 Å². The molecule has 3 aromatic carbocycles. The summed E-state index contributed by atoms with van der Waals surface area (Å²) in [5.74, 6) is 6.13. The van der Waals surface area contributed by atoms with Crippen LogP contribution in [0.1, 0.15) is 22.6 Å². The number of hydrogen-bond acceptors (Lipinski definition) is 3. The van der Waals surface area contributed by atoms with Gasteiger partial charge in [-0.2, -0.15) is 0 Å². The number of rotatable bonds is 5. The first-order valence-electron chi connectivity index (χ1n) is 10.1. The highest BCUT2D eigenvalue weighted by Gasteiger charge is 2.25. The van der Waals surface area contributed by atoms with E-state index in [1.165, 1.54) is 0 Å². The first kappa shape index (κ1) is 23.5.